The number of nitrogens with zero attached hydrogens (tertiary/aromatic N) is 7. The Labute approximate surface area is 353 Å². The van der Waals surface area contributed by atoms with E-state index in [-0.39, 0.29) is 0 Å². The summed E-state index contributed by atoms with van der Waals surface area (Å²) in [5.74, 6) is 0. The van der Waals surface area contributed by atoms with Crippen LogP contribution in [0.4, 0.5) is 0 Å². The summed E-state index contributed by atoms with van der Waals surface area (Å²) < 4.78 is 6.43. The van der Waals surface area contributed by atoms with Crippen molar-refractivity contribution in [1.82, 2.24) is 19.9 Å². The van der Waals surface area contributed by atoms with Gasteiger partial charge in [-0.2, -0.15) is 0 Å². The quantitative estimate of drug-likeness (QED) is 0.158. The summed E-state index contributed by atoms with van der Waals surface area (Å²) in [5.41, 5.74) is 17.6. The molecule has 60 heavy (non-hydrogen) atoms. The number of benzene rings is 3. The van der Waals surface area contributed by atoms with Crippen molar-refractivity contribution in [3.8, 4) is 67.4 Å². The van der Waals surface area contributed by atoms with Crippen molar-refractivity contribution in [2.24, 2.45) is 21.1 Å². The smallest absolute Gasteiger partial charge is 0.213 e. The third-order valence-electron chi connectivity index (χ3n) is 10.5. The first kappa shape index (κ1) is 40.7. The monoisotopic (exact) mass is 784 g/mol. The van der Waals surface area contributed by atoms with E-state index in [0.717, 1.165) is 28.1 Å². The van der Waals surface area contributed by atoms with E-state index in [9.17, 15) is 0 Å². The van der Waals surface area contributed by atoms with Crippen molar-refractivity contribution >= 4 is 0 Å². The minimum atomic E-state index is 0.892. The van der Waals surface area contributed by atoms with Crippen LogP contribution in [-0.2, 0) is 21.1 Å². The summed E-state index contributed by atoms with van der Waals surface area (Å²) >= 11 is 0. The van der Waals surface area contributed by atoms with Gasteiger partial charge >= 0.3 is 0 Å². The van der Waals surface area contributed by atoms with Crippen LogP contribution in [0.15, 0.2) is 195 Å². The van der Waals surface area contributed by atoms with Crippen molar-refractivity contribution in [2.75, 3.05) is 0 Å². The molecular formula is C53H50N7+3. The minimum absolute atomic E-state index is 0.892. The molecule has 294 valence electrons. The molecule has 0 fully saturated rings. The molecule has 6 aromatic heterocycles. The molecule has 9 rings (SSSR count). The van der Waals surface area contributed by atoms with Crippen LogP contribution < -0.4 is 13.7 Å². The van der Waals surface area contributed by atoms with E-state index in [4.69, 9.17) is 0 Å². The summed E-state index contributed by atoms with van der Waals surface area (Å²) in [6.07, 6.45) is 17.0. The Kier molecular flexibility index (Phi) is 13.1. The fraction of sp³-hybridized carbons (Fsp3) is 0.113. The largest absolute Gasteiger partial charge is 0.264 e. The van der Waals surface area contributed by atoms with Crippen LogP contribution in [0.1, 0.15) is 16.7 Å². The van der Waals surface area contributed by atoms with Crippen molar-refractivity contribution in [2.45, 2.75) is 20.8 Å². The van der Waals surface area contributed by atoms with E-state index in [1.807, 2.05) is 36.7 Å². The second-order valence-corrected chi connectivity index (χ2v) is 14.7. The summed E-state index contributed by atoms with van der Waals surface area (Å²) in [4.78, 5) is 17.1. The number of aromatic nitrogens is 7. The Hall–Kier alpha value is -7.51. The van der Waals surface area contributed by atoms with Gasteiger partial charge in [0.15, 0.2) is 18.6 Å². The van der Waals surface area contributed by atoms with E-state index in [1.54, 1.807) is 24.8 Å². The second kappa shape index (κ2) is 19.3. The molecular weight excluding hydrogens is 735 g/mol. The molecule has 0 saturated heterocycles. The van der Waals surface area contributed by atoms with E-state index in [0.29, 0.717) is 0 Å². The van der Waals surface area contributed by atoms with Crippen LogP contribution in [0.25, 0.3) is 67.4 Å². The lowest BCUT2D eigenvalue weighted by Crippen LogP contribution is -2.30. The van der Waals surface area contributed by atoms with Crippen molar-refractivity contribution in [1.29, 1.82) is 0 Å². The molecule has 0 saturated carbocycles. The van der Waals surface area contributed by atoms with Crippen molar-refractivity contribution < 1.29 is 13.7 Å². The first-order valence-electron chi connectivity index (χ1n) is 20.0. The van der Waals surface area contributed by atoms with Gasteiger partial charge in [0.1, 0.15) is 21.1 Å². The lowest BCUT2D eigenvalue weighted by molar-refractivity contribution is -0.660. The zero-order valence-corrected chi connectivity index (χ0v) is 35.1. The average Bonchev–Trinajstić information content (AvgIpc) is 3.29. The Morgan fingerprint density at radius 3 is 1.25 bits per heavy atom. The number of hydrogen-bond donors (Lipinski definition) is 0. The number of pyridine rings is 5. The average molecular weight is 785 g/mol. The summed E-state index contributed by atoms with van der Waals surface area (Å²) in [6, 6.07) is 48.2. The molecule has 0 unspecified atom stereocenters. The molecule has 0 amide bonds. The van der Waals surface area contributed by atoms with Gasteiger partial charge in [-0.3, -0.25) is 19.9 Å². The lowest BCUT2D eigenvalue weighted by Gasteiger charge is -2.06. The highest BCUT2D eigenvalue weighted by Gasteiger charge is 2.16. The van der Waals surface area contributed by atoms with Gasteiger partial charge in [0.05, 0.1) is 17.6 Å². The molecule has 0 aliphatic heterocycles. The van der Waals surface area contributed by atoms with Crippen LogP contribution in [-0.4, -0.2) is 19.9 Å². The van der Waals surface area contributed by atoms with Crippen LogP contribution in [0, 0.1) is 20.8 Å². The molecule has 0 N–H and O–H groups in total. The zero-order chi connectivity index (χ0) is 41.8. The molecule has 0 bridgehead atoms. The van der Waals surface area contributed by atoms with Gasteiger partial charge < -0.3 is 0 Å². The van der Waals surface area contributed by atoms with Crippen molar-refractivity contribution in [3.05, 3.63) is 212 Å². The summed E-state index contributed by atoms with van der Waals surface area (Å²) in [6.45, 7) is 6.42. The van der Waals surface area contributed by atoms with Crippen LogP contribution in [0.3, 0.4) is 0 Å². The normalized spacial score (nSPS) is 10.5. The number of hydrogen-bond acceptors (Lipinski definition) is 4. The van der Waals surface area contributed by atoms with Gasteiger partial charge in [0.25, 0.3) is 0 Å². The van der Waals surface area contributed by atoms with Gasteiger partial charge in [0.2, 0.25) is 17.1 Å². The maximum atomic E-state index is 4.43. The maximum absolute atomic E-state index is 4.43. The first-order chi connectivity index (χ1) is 29.3. The molecule has 9 aromatic rings. The predicted octanol–water partition coefficient (Wildman–Crippen LogP) is 10.0. The molecule has 3 aromatic carbocycles. The standard InChI is InChI=1S/2C18H17N2.C17H16N3/c1-14-7-3-4-8-16(14)18-13-15(10-12-20(18)2)17-9-5-6-11-19-17;1-14-6-3-4-8-17(14)18-12-15(9-11-20(18)2)16-7-5-10-19-13-16;1-13-5-3-4-6-15(13)17-11-14(7-10-20(17)2)16-12-18-8-9-19-16/h2*3-13H,1-2H3;3-12H,1-2H3/q3*+1. The number of rotatable bonds is 6. The first-order valence-corrected chi connectivity index (χ1v) is 20.0. The Balaban J connectivity index is 0.000000136. The van der Waals surface area contributed by atoms with Gasteiger partial charge in [-0.15, -0.1) is 0 Å². The molecule has 7 heteroatoms. The van der Waals surface area contributed by atoms with Gasteiger partial charge in [-0.25, -0.2) is 13.7 Å². The topological polar surface area (TPSA) is 63.2 Å². The molecule has 0 spiro atoms. The van der Waals surface area contributed by atoms with Crippen LogP contribution in [0.5, 0.6) is 0 Å². The second-order valence-electron chi connectivity index (χ2n) is 14.7. The van der Waals surface area contributed by atoms with E-state index < -0.39 is 0 Å². The Morgan fingerprint density at radius 2 is 0.800 bits per heavy atom. The summed E-state index contributed by atoms with van der Waals surface area (Å²) in [7, 11) is 6.21. The van der Waals surface area contributed by atoms with Gasteiger partial charge in [-0.05, 0) is 79.4 Å². The molecule has 0 atom stereocenters. The molecule has 0 aliphatic carbocycles. The van der Waals surface area contributed by atoms with Gasteiger partial charge in [0, 0.05) is 101 Å². The maximum Gasteiger partial charge on any atom is 0.213 e. The molecule has 0 radical (unpaired) electrons. The fourth-order valence-electron chi connectivity index (χ4n) is 7.11. The van der Waals surface area contributed by atoms with Gasteiger partial charge in [-0.1, -0.05) is 66.7 Å². The molecule has 7 nitrogen and oxygen atoms in total. The van der Waals surface area contributed by atoms with E-state index >= 15 is 0 Å². The highest BCUT2D eigenvalue weighted by atomic mass is 14.9. The summed E-state index contributed by atoms with van der Waals surface area (Å²) in [5, 5.41) is 0. The highest BCUT2D eigenvalue weighted by Crippen LogP contribution is 2.27. The third kappa shape index (κ3) is 9.77. The van der Waals surface area contributed by atoms with E-state index in [1.165, 1.54) is 56.0 Å². The third-order valence-corrected chi connectivity index (χ3v) is 10.5. The van der Waals surface area contributed by atoms with E-state index in [2.05, 4.69) is 209 Å². The van der Waals surface area contributed by atoms with Crippen LogP contribution in [0.2, 0.25) is 0 Å². The van der Waals surface area contributed by atoms with Crippen molar-refractivity contribution in [3.63, 3.8) is 0 Å². The fourth-order valence-corrected chi connectivity index (χ4v) is 7.11. The molecule has 0 aliphatic rings. The molecule has 6 heterocycles. The Bertz CT molecular complexity index is 2510. The lowest BCUT2D eigenvalue weighted by atomic mass is 10.0. The minimum Gasteiger partial charge on any atom is -0.264 e. The van der Waals surface area contributed by atoms with Crippen LogP contribution >= 0.6 is 0 Å². The number of aryl methyl sites for hydroxylation is 6. The predicted molar refractivity (Wildman–Crippen MR) is 241 cm³/mol. The highest BCUT2D eigenvalue weighted by molar-refractivity contribution is 5.71. The zero-order valence-electron chi connectivity index (χ0n) is 35.1. The Morgan fingerprint density at radius 1 is 0.350 bits per heavy atom. The SMILES string of the molecule is Cc1ccccc1-c1cc(-c2ccccn2)cc[n+]1C.Cc1ccccc1-c1cc(-c2cccnc2)cc[n+]1C.Cc1ccccc1-c1cc(-c2cnccn2)cc[n+]1C.